The van der Waals surface area contributed by atoms with Crippen molar-refractivity contribution in [2.45, 2.75) is 51.0 Å². The lowest BCUT2D eigenvalue weighted by Gasteiger charge is -2.31. The van der Waals surface area contributed by atoms with Gasteiger partial charge in [-0.1, -0.05) is 12.8 Å². The fraction of sp³-hybridized carbons (Fsp3) is 0.800. The molecule has 3 heteroatoms. The third-order valence-corrected chi connectivity index (χ3v) is 4.55. The first-order chi connectivity index (χ1) is 8.81. The first-order valence-electron chi connectivity index (χ1n) is 7.53. The van der Waals surface area contributed by atoms with Gasteiger partial charge in [0, 0.05) is 19.3 Å². The Morgan fingerprint density at radius 2 is 2.00 bits per heavy atom. The molecular weight excluding hydrogens is 222 g/mol. The standard InChI is InChI=1S/C15H25N3/c1-18-9-8-15(17-18)10-12-4-2-3-5-13(12)11-16-14-6-7-14/h8-9,12-14,16H,2-7,10-11H2,1H3. The topological polar surface area (TPSA) is 29.9 Å². The largest absolute Gasteiger partial charge is 0.314 e. The lowest BCUT2D eigenvalue weighted by molar-refractivity contribution is 0.226. The fourth-order valence-corrected chi connectivity index (χ4v) is 3.27. The van der Waals surface area contributed by atoms with Crippen LogP contribution in [0, 0.1) is 11.8 Å². The van der Waals surface area contributed by atoms with Crippen LogP contribution in [-0.2, 0) is 13.5 Å². The molecule has 100 valence electrons. The number of aryl methyl sites for hydroxylation is 1. The lowest BCUT2D eigenvalue weighted by atomic mass is 9.77. The van der Waals surface area contributed by atoms with Crippen LogP contribution >= 0.6 is 0 Å². The molecule has 0 aromatic carbocycles. The first kappa shape index (κ1) is 12.2. The molecule has 2 saturated carbocycles. The fourth-order valence-electron chi connectivity index (χ4n) is 3.27. The molecule has 0 bridgehead atoms. The summed E-state index contributed by atoms with van der Waals surface area (Å²) in [5, 5.41) is 8.26. The number of hydrogen-bond donors (Lipinski definition) is 1. The van der Waals surface area contributed by atoms with Crippen LogP contribution in [-0.4, -0.2) is 22.4 Å². The summed E-state index contributed by atoms with van der Waals surface area (Å²) in [4.78, 5) is 0. The van der Waals surface area contributed by atoms with Crippen molar-refractivity contribution in [3.05, 3.63) is 18.0 Å². The SMILES string of the molecule is Cn1ccc(CC2CCCCC2CNC2CC2)n1. The summed E-state index contributed by atoms with van der Waals surface area (Å²) in [5.41, 5.74) is 1.28. The van der Waals surface area contributed by atoms with Crippen molar-refractivity contribution in [1.29, 1.82) is 0 Å². The number of hydrogen-bond acceptors (Lipinski definition) is 2. The Hall–Kier alpha value is -0.830. The van der Waals surface area contributed by atoms with Gasteiger partial charge in [-0.2, -0.15) is 5.10 Å². The Morgan fingerprint density at radius 3 is 2.67 bits per heavy atom. The Kier molecular flexibility index (Phi) is 3.69. The molecule has 2 aliphatic carbocycles. The predicted octanol–water partition coefficient (Wildman–Crippen LogP) is 2.52. The molecule has 2 atom stereocenters. The van der Waals surface area contributed by atoms with E-state index in [0.717, 1.165) is 17.9 Å². The number of rotatable bonds is 5. The second kappa shape index (κ2) is 5.43. The van der Waals surface area contributed by atoms with Gasteiger partial charge >= 0.3 is 0 Å². The van der Waals surface area contributed by atoms with Gasteiger partial charge in [-0.05, 0) is 56.6 Å². The minimum absolute atomic E-state index is 0.847. The average Bonchev–Trinajstić information content (AvgIpc) is 3.12. The smallest absolute Gasteiger partial charge is 0.0627 e. The third-order valence-electron chi connectivity index (χ3n) is 4.55. The second-order valence-corrected chi connectivity index (χ2v) is 6.17. The number of nitrogens with zero attached hydrogens (tertiary/aromatic N) is 2. The maximum atomic E-state index is 4.54. The molecule has 1 aromatic rings. The van der Waals surface area contributed by atoms with Crippen LogP contribution < -0.4 is 5.32 Å². The maximum absolute atomic E-state index is 4.54. The molecule has 1 heterocycles. The monoisotopic (exact) mass is 247 g/mol. The van der Waals surface area contributed by atoms with Crippen molar-refractivity contribution >= 4 is 0 Å². The molecule has 18 heavy (non-hydrogen) atoms. The van der Waals surface area contributed by atoms with E-state index in [1.165, 1.54) is 57.2 Å². The molecule has 2 fully saturated rings. The highest BCUT2D eigenvalue weighted by molar-refractivity contribution is 5.01. The van der Waals surface area contributed by atoms with Gasteiger partial charge in [0.25, 0.3) is 0 Å². The Morgan fingerprint density at radius 1 is 1.22 bits per heavy atom. The van der Waals surface area contributed by atoms with E-state index in [9.17, 15) is 0 Å². The molecule has 3 nitrogen and oxygen atoms in total. The summed E-state index contributed by atoms with van der Waals surface area (Å²) in [5.74, 6) is 1.72. The molecule has 2 unspecified atom stereocenters. The molecule has 1 aromatic heterocycles. The van der Waals surface area contributed by atoms with Crippen LogP contribution in [0.4, 0.5) is 0 Å². The number of aromatic nitrogens is 2. The van der Waals surface area contributed by atoms with Crippen molar-refractivity contribution in [2.24, 2.45) is 18.9 Å². The Bertz CT molecular complexity index is 381. The molecule has 0 amide bonds. The molecule has 1 N–H and O–H groups in total. The second-order valence-electron chi connectivity index (χ2n) is 6.17. The van der Waals surface area contributed by atoms with Crippen LogP contribution in [0.1, 0.15) is 44.2 Å². The minimum atomic E-state index is 0.847. The molecule has 2 aliphatic rings. The summed E-state index contributed by atoms with van der Waals surface area (Å²) in [7, 11) is 2.01. The van der Waals surface area contributed by atoms with Gasteiger partial charge in [0.15, 0.2) is 0 Å². The van der Waals surface area contributed by atoms with E-state index < -0.39 is 0 Å². The van der Waals surface area contributed by atoms with Crippen LogP contribution in [0.3, 0.4) is 0 Å². The van der Waals surface area contributed by atoms with Gasteiger partial charge in [-0.15, -0.1) is 0 Å². The zero-order valence-electron chi connectivity index (χ0n) is 11.4. The van der Waals surface area contributed by atoms with Crippen LogP contribution in [0.25, 0.3) is 0 Å². The highest BCUT2D eigenvalue weighted by atomic mass is 15.2. The normalized spacial score (nSPS) is 28.5. The van der Waals surface area contributed by atoms with Crippen LogP contribution in [0.15, 0.2) is 12.3 Å². The third kappa shape index (κ3) is 3.14. The summed E-state index contributed by atoms with van der Waals surface area (Å²) in [6.45, 7) is 1.24. The van der Waals surface area contributed by atoms with E-state index in [-0.39, 0.29) is 0 Å². The minimum Gasteiger partial charge on any atom is -0.314 e. The lowest BCUT2D eigenvalue weighted by Crippen LogP contribution is -2.32. The summed E-state index contributed by atoms with van der Waals surface area (Å²) >= 11 is 0. The van der Waals surface area contributed by atoms with Gasteiger partial charge in [0.1, 0.15) is 0 Å². The van der Waals surface area contributed by atoms with E-state index in [0.29, 0.717) is 0 Å². The van der Waals surface area contributed by atoms with Crippen LogP contribution in [0.2, 0.25) is 0 Å². The van der Waals surface area contributed by atoms with Gasteiger partial charge in [-0.25, -0.2) is 0 Å². The van der Waals surface area contributed by atoms with Crippen molar-refractivity contribution in [1.82, 2.24) is 15.1 Å². The zero-order valence-corrected chi connectivity index (χ0v) is 11.4. The van der Waals surface area contributed by atoms with Crippen molar-refractivity contribution in [3.63, 3.8) is 0 Å². The zero-order chi connectivity index (χ0) is 12.4. The predicted molar refractivity (Wildman–Crippen MR) is 73.4 cm³/mol. The first-order valence-corrected chi connectivity index (χ1v) is 7.53. The van der Waals surface area contributed by atoms with E-state index in [2.05, 4.69) is 22.7 Å². The molecule has 0 aliphatic heterocycles. The highest BCUT2D eigenvalue weighted by Crippen LogP contribution is 2.32. The van der Waals surface area contributed by atoms with E-state index in [1.807, 2.05) is 11.7 Å². The van der Waals surface area contributed by atoms with Crippen molar-refractivity contribution in [3.8, 4) is 0 Å². The Labute approximate surface area is 110 Å². The van der Waals surface area contributed by atoms with Crippen molar-refractivity contribution in [2.75, 3.05) is 6.54 Å². The average molecular weight is 247 g/mol. The van der Waals surface area contributed by atoms with Gasteiger partial charge in [-0.3, -0.25) is 4.68 Å². The maximum Gasteiger partial charge on any atom is 0.0627 e. The van der Waals surface area contributed by atoms with Crippen LogP contribution in [0.5, 0.6) is 0 Å². The molecular formula is C15H25N3. The molecule has 3 rings (SSSR count). The Balaban J connectivity index is 1.56. The summed E-state index contributed by atoms with van der Waals surface area (Å²) in [6.07, 6.45) is 11.7. The molecule has 0 radical (unpaired) electrons. The summed E-state index contributed by atoms with van der Waals surface area (Å²) < 4.78 is 1.93. The van der Waals surface area contributed by atoms with E-state index in [4.69, 9.17) is 0 Å². The quantitative estimate of drug-likeness (QED) is 0.866. The van der Waals surface area contributed by atoms with Gasteiger partial charge in [0.05, 0.1) is 5.69 Å². The van der Waals surface area contributed by atoms with Gasteiger partial charge < -0.3 is 5.32 Å². The molecule has 0 spiro atoms. The van der Waals surface area contributed by atoms with Gasteiger partial charge in [0.2, 0.25) is 0 Å². The highest BCUT2D eigenvalue weighted by Gasteiger charge is 2.28. The summed E-state index contributed by atoms with van der Waals surface area (Å²) in [6, 6.07) is 3.03. The van der Waals surface area contributed by atoms with E-state index in [1.54, 1.807) is 0 Å². The molecule has 0 saturated heterocycles. The van der Waals surface area contributed by atoms with E-state index >= 15 is 0 Å². The van der Waals surface area contributed by atoms with Crippen molar-refractivity contribution < 1.29 is 0 Å². The number of nitrogens with one attached hydrogen (secondary N) is 1.